The quantitative estimate of drug-likeness (QED) is 0.673. The van der Waals surface area contributed by atoms with E-state index in [0.717, 1.165) is 0 Å². The van der Waals surface area contributed by atoms with Gasteiger partial charge >= 0.3 is 0 Å². The lowest BCUT2D eigenvalue weighted by molar-refractivity contribution is -0.131. The summed E-state index contributed by atoms with van der Waals surface area (Å²) >= 11 is 0. The molecule has 0 aromatic rings. The summed E-state index contributed by atoms with van der Waals surface area (Å²) in [7, 11) is 0. The molecule has 0 unspecified atom stereocenters. The van der Waals surface area contributed by atoms with Crippen molar-refractivity contribution in [3.63, 3.8) is 0 Å². The van der Waals surface area contributed by atoms with E-state index in [4.69, 9.17) is 5.73 Å². The zero-order valence-electron chi connectivity index (χ0n) is 8.95. The van der Waals surface area contributed by atoms with Crippen LogP contribution >= 0.6 is 0 Å². The van der Waals surface area contributed by atoms with Crippen molar-refractivity contribution in [3.8, 4) is 0 Å². The molecule has 0 radical (unpaired) electrons. The van der Waals surface area contributed by atoms with E-state index >= 15 is 0 Å². The zero-order chi connectivity index (χ0) is 10.6. The van der Waals surface area contributed by atoms with Crippen LogP contribution in [-0.4, -0.2) is 23.0 Å². The summed E-state index contributed by atoms with van der Waals surface area (Å²) in [6.07, 6.45) is -0.318. The molecule has 0 amide bonds. The topological polar surface area (TPSA) is 63.3 Å². The normalized spacial score (nSPS) is 16.3. The number of aliphatic hydroxyl groups is 1. The molecule has 0 heterocycles. The minimum Gasteiger partial charge on any atom is -0.384 e. The second-order valence-corrected chi connectivity index (χ2v) is 4.30. The van der Waals surface area contributed by atoms with Crippen molar-refractivity contribution >= 4 is 5.78 Å². The fraction of sp³-hybridized carbons (Fsp3) is 0.900. The molecule has 3 nitrogen and oxygen atoms in total. The van der Waals surface area contributed by atoms with Gasteiger partial charge in [0.1, 0.15) is 6.10 Å². The predicted molar refractivity (Wildman–Crippen MR) is 53.3 cm³/mol. The number of nitrogens with two attached hydrogens (primary N) is 1. The van der Waals surface area contributed by atoms with Crippen LogP contribution in [0.25, 0.3) is 0 Å². The number of ketones is 1. The van der Waals surface area contributed by atoms with Gasteiger partial charge in [-0.1, -0.05) is 27.7 Å². The van der Waals surface area contributed by atoms with Crippen LogP contribution in [0, 0.1) is 11.8 Å². The highest BCUT2D eigenvalue weighted by Crippen LogP contribution is 2.09. The standard InChI is InChI=1S/C10H21NO2/c1-6(2)5-8(11)10(13)9(12)7(3)4/h6-8,10,13H,5,11H2,1-4H3/t8-,10+/m1/s1. The first-order valence-electron chi connectivity index (χ1n) is 4.83. The average Bonchev–Trinajstić information content (AvgIpc) is 2.00. The van der Waals surface area contributed by atoms with Crippen LogP contribution < -0.4 is 5.73 Å². The second kappa shape index (κ2) is 5.35. The molecular weight excluding hydrogens is 166 g/mol. The monoisotopic (exact) mass is 187 g/mol. The summed E-state index contributed by atoms with van der Waals surface area (Å²) in [4.78, 5) is 11.3. The van der Waals surface area contributed by atoms with E-state index in [0.29, 0.717) is 12.3 Å². The number of carbonyl (C=O) groups excluding carboxylic acids is 1. The fourth-order valence-corrected chi connectivity index (χ4v) is 1.23. The molecule has 0 rings (SSSR count). The fourth-order valence-electron chi connectivity index (χ4n) is 1.23. The lowest BCUT2D eigenvalue weighted by Gasteiger charge is -2.20. The van der Waals surface area contributed by atoms with Gasteiger partial charge < -0.3 is 10.8 Å². The molecule has 0 aromatic carbocycles. The van der Waals surface area contributed by atoms with Crippen molar-refractivity contribution in [2.45, 2.75) is 46.3 Å². The molecule has 0 aliphatic carbocycles. The Morgan fingerprint density at radius 2 is 1.77 bits per heavy atom. The van der Waals surface area contributed by atoms with Crippen LogP contribution in [0.5, 0.6) is 0 Å². The van der Waals surface area contributed by atoms with Crippen LogP contribution in [0.1, 0.15) is 34.1 Å². The number of hydrogen-bond donors (Lipinski definition) is 2. The van der Waals surface area contributed by atoms with Gasteiger partial charge in [0.25, 0.3) is 0 Å². The van der Waals surface area contributed by atoms with Gasteiger partial charge in [0.05, 0.1) is 0 Å². The zero-order valence-corrected chi connectivity index (χ0v) is 8.95. The molecule has 78 valence electrons. The maximum absolute atomic E-state index is 11.3. The van der Waals surface area contributed by atoms with Crippen LogP contribution in [0.2, 0.25) is 0 Å². The minimum atomic E-state index is -0.998. The van der Waals surface area contributed by atoms with Gasteiger partial charge in [-0.15, -0.1) is 0 Å². The summed E-state index contributed by atoms with van der Waals surface area (Å²) in [5, 5.41) is 9.53. The van der Waals surface area contributed by atoms with Crippen LogP contribution in [-0.2, 0) is 4.79 Å². The Labute approximate surface area is 80.3 Å². The van der Waals surface area contributed by atoms with E-state index in [1.165, 1.54) is 0 Å². The number of carbonyl (C=O) groups is 1. The summed E-state index contributed by atoms with van der Waals surface area (Å²) in [6.45, 7) is 7.58. The molecule has 13 heavy (non-hydrogen) atoms. The molecule has 0 fully saturated rings. The van der Waals surface area contributed by atoms with E-state index < -0.39 is 12.1 Å². The van der Waals surface area contributed by atoms with E-state index in [-0.39, 0.29) is 11.7 Å². The van der Waals surface area contributed by atoms with Crippen LogP contribution in [0.3, 0.4) is 0 Å². The smallest absolute Gasteiger partial charge is 0.165 e. The first-order valence-corrected chi connectivity index (χ1v) is 4.83. The Morgan fingerprint density at radius 1 is 1.31 bits per heavy atom. The number of aliphatic hydroxyl groups excluding tert-OH is 1. The molecule has 0 bridgehead atoms. The van der Waals surface area contributed by atoms with E-state index in [1.54, 1.807) is 13.8 Å². The van der Waals surface area contributed by atoms with Crippen molar-refractivity contribution in [1.29, 1.82) is 0 Å². The van der Waals surface area contributed by atoms with Gasteiger partial charge in [0.2, 0.25) is 0 Å². The molecule has 0 saturated heterocycles. The Hall–Kier alpha value is -0.410. The summed E-state index contributed by atoms with van der Waals surface area (Å²) in [5.74, 6) is 0.103. The van der Waals surface area contributed by atoms with Gasteiger partial charge in [0.15, 0.2) is 5.78 Å². The molecular formula is C10H21NO2. The van der Waals surface area contributed by atoms with E-state index in [2.05, 4.69) is 0 Å². The number of hydrogen-bond acceptors (Lipinski definition) is 3. The third kappa shape index (κ3) is 4.39. The van der Waals surface area contributed by atoms with E-state index in [9.17, 15) is 9.90 Å². The Balaban J connectivity index is 4.09. The molecule has 0 aromatic heterocycles. The molecule has 2 atom stereocenters. The number of rotatable bonds is 5. The van der Waals surface area contributed by atoms with Crippen LogP contribution in [0.15, 0.2) is 0 Å². The van der Waals surface area contributed by atoms with Gasteiger partial charge in [-0.05, 0) is 12.3 Å². The second-order valence-electron chi connectivity index (χ2n) is 4.30. The maximum atomic E-state index is 11.3. The highest BCUT2D eigenvalue weighted by Gasteiger charge is 2.25. The van der Waals surface area contributed by atoms with Gasteiger partial charge in [-0.3, -0.25) is 4.79 Å². The number of Topliss-reactive ketones (excluding diaryl/α,β-unsaturated/α-hetero) is 1. The average molecular weight is 187 g/mol. The molecule has 3 heteroatoms. The Morgan fingerprint density at radius 3 is 2.08 bits per heavy atom. The van der Waals surface area contributed by atoms with Crippen LogP contribution in [0.4, 0.5) is 0 Å². The van der Waals surface area contributed by atoms with Crippen molar-refractivity contribution in [1.82, 2.24) is 0 Å². The van der Waals surface area contributed by atoms with Gasteiger partial charge in [-0.2, -0.15) is 0 Å². The molecule has 0 aliphatic heterocycles. The van der Waals surface area contributed by atoms with Crippen molar-refractivity contribution in [2.24, 2.45) is 17.6 Å². The minimum absolute atomic E-state index is 0.145. The van der Waals surface area contributed by atoms with Crippen molar-refractivity contribution in [3.05, 3.63) is 0 Å². The SMILES string of the molecule is CC(C)C[C@@H](N)[C@H](O)C(=O)C(C)C. The Kier molecular flexibility index (Phi) is 5.18. The first-order chi connectivity index (χ1) is 5.86. The molecule has 3 N–H and O–H groups in total. The maximum Gasteiger partial charge on any atom is 0.165 e. The van der Waals surface area contributed by atoms with Gasteiger partial charge in [-0.25, -0.2) is 0 Å². The molecule has 0 aliphatic rings. The van der Waals surface area contributed by atoms with Crippen molar-refractivity contribution < 1.29 is 9.90 Å². The lowest BCUT2D eigenvalue weighted by Crippen LogP contribution is -2.43. The Bertz CT molecular complexity index is 166. The third-order valence-corrected chi connectivity index (χ3v) is 2.01. The highest BCUT2D eigenvalue weighted by atomic mass is 16.3. The summed E-state index contributed by atoms with van der Waals surface area (Å²) in [5.41, 5.74) is 5.69. The predicted octanol–water partition coefficient (Wildman–Crippen LogP) is 0.946. The first kappa shape index (κ1) is 12.6. The largest absolute Gasteiger partial charge is 0.384 e. The third-order valence-electron chi connectivity index (χ3n) is 2.01. The highest BCUT2D eigenvalue weighted by molar-refractivity contribution is 5.85. The summed E-state index contributed by atoms with van der Waals surface area (Å²) in [6, 6.07) is -0.421. The van der Waals surface area contributed by atoms with Gasteiger partial charge in [0, 0.05) is 12.0 Å². The molecule has 0 saturated carbocycles. The van der Waals surface area contributed by atoms with E-state index in [1.807, 2.05) is 13.8 Å². The molecule has 0 spiro atoms. The summed E-state index contributed by atoms with van der Waals surface area (Å²) < 4.78 is 0. The lowest BCUT2D eigenvalue weighted by atomic mass is 9.93. The van der Waals surface area contributed by atoms with Crippen molar-refractivity contribution in [2.75, 3.05) is 0 Å².